The van der Waals surface area contributed by atoms with Crippen LogP contribution in [0.15, 0.2) is 58.6 Å². The molecule has 0 aliphatic rings. The van der Waals surface area contributed by atoms with Crippen LogP contribution in [0.5, 0.6) is 0 Å². The first-order chi connectivity index (χ1) is 14.0. The van der Waals surface area contributed by atoms with Crippen molar-refractivity contribution < 1.29 is 21.1 Å². The van der Waals surface area contributed by atoms with Crippen LogP contribution in [0, 0.1) is 12.4 Å². The quantitative estimate of drug-likeness (QED) is 0.239. The van der Waals surface area contributed by atoms with Crippen LogP contribution in [0.2, 0.25) is 0 Å². The minimum absolute atomic E-state index is 0. The third kappa shape index (κ3) is 4.56. The van der Waals surface area contributed by atoms with Crippen LogP contribution in [0.4, 0.5) is 0 Å². The molecule has 0 spiro atoms. The van der Waals surface area contributed by atoms with Gasteiger partial charge in [0.15, 0.2) is 0 Å². The fourth-order valence-electron chi connectivity index (χ4n) is 2.89. The number of rotatable bonds is 6. The molecule has 0 fully saturated rings. The molecule has 6 nitrogen and oxygen atoms in total. The van der Waals surface area contributed by atoms with Crippen LogP contribution in [-0.2, 0) is 26.5 Å². The predicted octanol–water partition coefficient (Wildman–Crippen LogP) is 4.22. The van der Waals surface area contributed by atoms with Gasteiger partial charge < -0.3 is 9.36 Å². The van der Waals surface area contributed by atoms with Crippen molar-refractivity contribution in [2.24, 2.45) is 0 Å². The molecule has 4 aromatic heterocycles. The Morgan fingerprint density at radius 1 is 0.767 bits per heavy atom. The first-order valence-corrected chi connectivity index (χ1v) is 11.5. The third-order valence-corrected chi connectivity index (χ3v) is 5.86. The third-order valence-electron chi connectivity index (χ3n) is 4.62. The van der Waals surface area contributed by atoms with Crippen molar-refractivity contribution >= 4 is 23.5 Å². The summed E-state index contributed by atoms with van der Waals surface area (Å²) in [6, 6.07) is 15.6. The fraction of sp³-hybridized carbons (Fsp3) is 0.238. The molecule has 0 N–H and O–H groups in total. The molecule has 0 atom stereocenters. The number of hydrogen-bond donors (Lipinski definition) is 0. The summed E-state index contributed by atoms with van der Waals surface area (Å²) in [5.41, 5.74) is 1.41. The molecular formula is C21H20N6PtS2. The second kappa shape index (κ2) is 9.50. The van der Waals surface area contributed by atoms with Gasteiger partial charge in [-0.3, -0.25) is 20.2 Å². The van der Waals surface area contributed by atoms with Gasteiger partial charge in [0.1, 0.15) is 0 Å². The van der Waals surface area contributed by atoms with E-state index in [1.807, 2.05) is 61.0 Å². The molecule has 30 heavy (non-hydrogen) atoms. The van der Waals surface area contributed by atoms with Crippen LogP contribution in [0.3, 0.4) is 0 Å². The standard InChI is InChI=1S/C21H20N6S2.Pt/c1-21(2,15-7-5-9-17(22-15)26-13-11-19(24-26)28-3)16-8-6-10-18(23-16)27-14-12-20(25-27)29-4;/h5-12H,1-4H3;/q-2;+2. The number of aromatic nitrogens is 6. The average Bonchev–Trinajstić information content (AvgIpc) is 3.43. The van der Waals surface area contributed by atoms with Gasteiger partial charge in [-0.25, -0.2) is 0 Å². The summed E-state index contributed by atoms with van der Waals surface area (Å²) in [7, 11) is 0. The molecule has 4 heterocycles. The van der Waals surface area contributed by atoms with Gasteiger partial charge in [-0.1, -0.05) is 36.7 Å². The molecule has 0 saturated heterocycles. The zero-order valence-corrected chi connectivity index (χ0v) is 20.8. The van der Waals surface area contributed by atoms with Crippen molar-refractivity contribution in [1.29, 1.82) is 0 Å². The van der Waals surface area contributed by atoms with E-state index in [1.54, 1.807) is 32.9 Å². The molecule has 4 aromatic rings. The Morgan fingerprint density at radius 2 is 1.20 bits per heavy atom. The molecule has 156 valence electrons. The molecule has 4 rings (SSSR count). The number of hydrogen-bond acceptors (Lipinski definition) is 6. The van der Waals surface area contributed by atoms with E-state index in [0.29, 0.717) is 0 Å². The van der Waals surface area contributed by atoms with Crippen molar-refractivity contribution in [3.8, 4) is 11.6 Å². The maximum atomic E-state index is 4.84. The first-order valence-electron chi connectivity index (χ1n) is 9.00. The summed E-state index contributed by atoms with van der Waals surface area (Å²) in [4.78, 5) is 9.69. The molecule has 0 aliphatic heterocycles. The summed E-state index contributed by atoms with van der Waals surface area (Å²) in [6.45, 7) is 4.23. The summed E-state index contributed by atoms with van der Waals surface area (Å²) in [5.74, 6) is 1.47. The van der Waals surface area contributed by atoms with E-state index in [-0.39, 0.29) is 21.1 Å². The second-order valence-electron chi connectivity index (χ2n) is 6.84. The van der Waals surface area contributed by atoms with Crippen molar-refractivity contribution in [3.05, 3.63) is 72.3 Å². The minimum Gasteiger partial charge on any atom is -0.343 e. The molecule has 0 saturated carbocycles. The second-order valence-corrected chi connectivity index (χ2v) is 8.50. The largest absolute Gasteiger partial charge is 2.00 e. The van der Waals surface area contributed by atoms with E-state index in [4.69, 9.17) is 9.97 Å². The number of nitrogens with zero attached hydrogens (tertiary/aromatic N) is 6. The van der Waals surface area contributed by atoms with Crippen molar-refractivity contribution in [2.45, 2.75) is 29.3 Å². The molecule has 0 aromatic carbocycles. The Kier molecular flexibility index (Phi) is 7.21. The van der Waals surface area contributed by atoms with Gasteiger partial charge in [-0.2, -0.15) is 23.5 Å². The van der Waals surface area contributed by atoms with Crippen LogP contribution < -0.4 is 0 Å². The molecule has 0 amide bonds. The maximum Gasteiger partial charge on any atom is 2.00 e. The fourth-order valence-corrected chi connectivity index (χ4v) is 3.56. The first kappa shape index (κ1) is 22.8. The predicted molar refractivity (Wildman–Crippen MR) is 116 cm³/mol. The monoisotopic (exact) mass is 615 g/mol. The van der Waals surface area contributed by atoms with Crippen molar-refractivity contribution in [1.82, 2.24) is 29.5 Å². The Hall–Kier alpha value is -1.89. The Balaban J connectivity index is 0.00000256. The van der Waals surface area contributed by atoms with Gasteiger partial charge in [0.2, 0.25) is 0 Å². The van der Waals surface area contributed by atoms with Crippen LogP contribution >= 0.6 is 23.5 Å². The number of pyridine rings is 2. The van der Waals surface area contributed by atoms with Crippen molar-refractivity contribution in [2.75, 3.05) is 12.5 Å². The summed E-state index contributed by atoms with van der Waals surface area (Å²) in [5, 5.41) is 10.8. The van der Waals surface area contributed by atoms with E-state index in [0.717, 1.165) is 33.1 Å². The average molecular weight is 616 g/mol. The molecular weight excluding hydrogens is 595 g/mol. The Bertz CT molecular complexity index is 1050. The van der Waals surface area contributed by atoms with E-state index in [9.17, 15) is 0 Å². The van der Waals surface area contributed by atoms with Gasteiger partial charge >= 0.3 is 21.1 Å². The van der Waals surface area contributed by atoms with E-state index >= 15 is 0 Å². The van der Waals surface area contributed by atoms with Crippen molar-refractivity contribution in [3.63, 3.8) is 0 Å². The van der Waals surface area contributed by atoms with E-state index in [2.05, 4.69) is 36.4 Å². The Morgan fingerprint density at radius 3 is 1.57 bits per heavy atom. The van der Waals surface area contributed by atoms with Gasteiger partial charge in [0, 0.05) is 26.9 Å². The zero-order valence-electron chi connectivity index (χ0n) is 16.9. The van der Waals surface area contributed by atoms with Gasteiger partial charge in [0.25, 0.3) is 0 Å². The van der Waals surface area contributed by atoms with E-state index in [1.165, 1.54) is 0 Å². The van der Waals surface area contributed by atoms with Crippen LogP contribution in [0.25, 0.3) is 11.6 Å². The summed E-state index contributed by atoms with van der Waals surface area (Å²) >= 11 is 3.16. The summed E-state index contributed by atoms with van der Waals surface area (Å²) < 4.78 is 3.36. The molecule has 9 heteroatoms. The topological polar surface area (TPSA) is 61.4 Å². The van der Waals surface area contributed by atoms with Gasteiger partial charge in [-0.05, 0) is 38.5 Å². The zero-order chi connectivity index (χ0) is 20.4. The van der Waals surface area contributed by atoms with Crippen LogP contribution in [0.1, 0.15) is 25.2 Å². The minimum atomic E-state index is -0.406. The molecule has 0 unspecified atom stereocenters. The van der Waals surface area contributed by atoms with Gasteiger partial charge in [-0.15, -0.1) is 12.1 Å². The molecule has 0 radical (unpaired) electrons. The molecule has 0 aliphatic carbocycles. The maximum absolute atomic E-state index is 4.84. The van der Waals surface area contributed by atoms with Crippen LogP contribution in [-0.4, -0.2) is 42.0 Å². The SMILES string of the molecule is CSc1c[c-]n(-c2cccc(C(C)(C)c3cccc(-n4[c-]cc(SC)n4)n3)n2)n1.[Pt+2]. The normalized spacial score (nSPS) is 11.3. The Labute approximate surface area is 199 Å². The van der Waals surface area contributed by atoms with Gasteiger partial charge in [0.05, 0.1) is 11.6 Å². The number of thioether (sulfide) groups is 2. The summed E-state index contributed by atoms with van der Waals surface area (Å²) in [6.07, 6.45) is 10.2. The van der Waals surface area contributed by atoms with E-state index < -0.39 is 5.41 Å². The molecule has 0 bridgehead atoms. The smallest absolute Gasteiger partial charge is 0.343 e.